The van der Waals surface area contributed by atoms with Crippen molar-refractivity contribution >= 4 is 38.3 Å². The van der Waals surface area contributed by atoms with Crippen LogP contribution in [0.5, 0.6) is 5.75 Å². The first-order chi connectivity index (χ1) is 13.5. The minimum absolute atomic E-state index is 0.0734. The van der Waals surface area contributed by atoms with E-state index in [2.05, 4.69) is 10.2 Å². The molecule has 1 aromatic heterocycles. The molecule has 1 aliphatic heterocycles. The highest BCUT2D eigenvalue weighted by atomic mass is 32.1. The van der Waals surface area contributed by atoms with Gasteiger partial charge in [-0.1, -0.05) is 17.4 Å². The Hall–Kier alpha value is -2.67. The minimum Gasteiger partial charge on any atom is -0.497 e. The van der Waals surface area contributed by atoms with E-state index < -0.39 is 0 Å². The van der Waals surface area contributed by atoms with E-state index in [1.54, 1.807) is 37.5 Å². The fourth-order valence-electron chi connectivity index (χ4n) is 3.43. The fourth-order valence-corrected chi connectivity index (χ4v) is 4.46. The zero-order chi connectivity index (χ0) is 19.7. The SMILES string of the molecule is COc1ccc2nc(N3CCCC(C(=O)Nc4ccc(C)c(F)c4)C3)sc2c1. The van der Waals surface area contributed by atoms with E-state index in [9.17, 15) is 9.18 Å². The van der Waals surface area contributed by atoms with Gasteiger partial charge in [0.05, 0.1) is 23.2 Å². The van der Waals surface area contributed by atoms with Crippen molar-refractivity contribution in [2.24, 2.45) is 5.92 Å². The summed E-state index contributed by atoms with van der Waals surface area (Å²) in [6.07, 6.45) is 1.73. The van der Waals surface area contributed by atoms with Gasteiger partial charge in [0.1, 0.15) is 11.6 Å². The Labute approximate surface area is 167 Å². The summed E-state index contributed by atoms with van der Waals surface area (Å²) in [6.45, 7) is 3.19. The maximum absolute atomic E-state index is 13.7. The van der Waals surface area contributed by atoms with Crippen LogP contribution in [0.25, 0.3) is 10.2 Å². The largest absolute Gasteiger partial charge is 0.497 e. The quantitative estimate of drug-likeness (QED) is 0.696. The molecule has 1 amide bonds. The second kappa shape index (κ2) is 7.75. The highest BCUT2D eigenvalue weighted by Gasteiger charge is 2.27. The monoisotopic (exact) mass is 399 g/mol. The van der Waals surface area contributed by atoms with Gasteiger partial charge in [0, 0.05) is 18.8 Å². The van der Waals surface area contributed by atoms with Crippen LogP contribution in [0.1, 0.15) is 18.4 Å². The van der Waals surface area contributed by atoms with E-state index in [-0.39, 0.29) is 17.6 Å². The van der Waals surface area contributed by atoms with E-state index in [4.69, 9.17) is 9.72 Å². The lowest BCUT2D eigenvalue weighted by molar-refractivity contribution is -0.120. The van der Waals surface area contributed by atoms with Gasteiger partial charge in [0.15, 0.2) is 5.13 Å². The predicted octanol–water partition coefficient (Wildman–Crippen LogP) is 4.61. The zero-order valence-corrected chi connectivity index (χ0v) is 16.7. The number of ether oxygens (including phenoxy) is 1. The first-order valence-electron chi connectivity index (χ1n) is 9.30. The average Bonchev–Trinajstić information content (AvgIpc) is 3.14. The number of nitrogens with zero attached hydrogens (tertiary/aromatic N) is 2. The number of benzene rings is 2. The molecule has 28 heavy (non-hydrogen) atoms. The summed E-state index contributed by atoms with van der Waals surface area (Å²) < 4.78 is 20.1. The van der Waals surface area contributed by atoms with Crippen molar-refractivity contribution in [2.75, 3.05) is 30.4 Å². The number of piperidine rings is 1. The molecule has 5 nitrogen and oxygen atoms in total. The van der Waals surface area contributed by atoms with Crippen molar-refractivity contribution in [1.29, 1.82) is 0 Å². The number of carbonyl (C=O) groups is 1. The normalized spacial score (nSPS) is 17.0. The number of halogens is 1. The molecule has 0 aliphatic carbocycles. The Morgan fingerprint density at radius 2 is 2.18 bits per heavy atom. The van der Waals surface area contributed by atoms with Crippen molar-refractivity contribution in [3.8, 4) is 5.75 Å². The van der Waals surface area contributed by atoms with Crippen LogP contribution in [0.15, 0.2) is 36.4 Å². The Kier molecular flexibility index (Phi) is 5.17. The van der Waals surface area contributed by atoms with Crippen molar-refractivity contribution in [2.45, 2.75) is 19.8 Å². The van der Waals surface area contributed by atoms with Crippen LogP contribution < -0.4 is 15.0 Å². The molecular weight excluding hydrogens is 377 g/mol. The number of hydrogen-bond donors (Lipinski definition) is 1. The Morgan fingerprint density at radius 1 is 1.32 bits per heavy atom. The maximum Gasteiger partial charge on any atom is 0.229 e. The first-order valence-corrected chi connectivity index (χ1v) is 10.1. The summed E-state index contributed by atoms with van der Waals surface area (Å²) >= 11 is 1.61. The van der Waals surface area contributed by atoms with E-state index >= 15 is 0 Å². The summed E-state index contributed by atoms with van der Waals surface area (Å²) in [5.74, 6) is 0.271. The van der Waals surface area contributed by atoms with Crippen LogP contribution >= 0.6 is 11.3 Å². The Morgan fingerprint density at radius 3 is 2.96 bits per heavy atom. The van der Waals surface area contributed by atoms with Gasteiger partial charge in [0.25, 0.3) is 0 Å². The lowest BCUT2D eigenvalue weighted by atomic mass is 9.97. The highest BCUT2D eigenvalue weighted by Crippen LogP contribution is 2.33. The number of carbonyl (C=O) groups excluding carboxylic acids is 1. The Bertz CT molecular complexity index is 1020. The van der Waals surface area contributed by atoms with Crippen LogP contribution in [0, 0.1) is 18.7 Å². The number of hydrogen-bond acceptors (Lipinski definition) is 5. The van der Waals surface area contributed by atoms with Crippen molar-refractivity contribution in [3.63, 3.8) is 0 Å². The van der Waals surface area contributed by atoms with Crippen LogP contribution in [-0.2, 0) is 4.79 Å². The highest BCUT2D eigenvalue weighted by molar-refractivity contribution is 7.22. The van der Waals surface area contributed by atoms with Gasteiger partial charge in [-0.25, -0.2) is 9.37 Å². The first kappa shape index (κ1) is 18.7. The molecule has 2 aromatic carbocycles. The molecule has 1 unspecified atom stereocenters. The molecule has 1 saturated heterocycles. The van der Waals surface area contributed by atoms with Gasteiger partial charge in [-0.3, -0.25) is 4.79 Å². The molecule has 0 spiro atoms. The van der Waals surface area contributed by atoms with Gasteiger partial charge < -0.3 is 15.0 Å². The van der Waals surface area contributed by atoms with Gasteiger partial charge in [-0.05, 0) is 55.7 Å². The van der Waals surface area contributed by atoms with Gasteiger partial charge in [-0.2, -0.15) is 0 Å². The molecule has 4 rings (SSSR count). The maximum atomic E-state index is 13.7. The van der Waals surface area contributed by atoms with Crippen LogP contribution in [-0.4, -0.2) is 31.1 Å². The molecule has 7 heteroatoms. The van der Waals surface area contributed by atoms with Crippen molar-refractivity contribution < 1.29 is 13.9 Å². The third-order valence-corrected chi connectivity index (χ3v) is 6.17. The van der Waals surface area contributed by atoms with Gasteiger partial charge in [0.2, 0.25) is 5.91 Å². The lowest BCUT2D eigenvalue weighted by Gasteiger charge is -2.31. The van der Waals surface area contributed by atoms with Crippen molar-refractivity contribution in [3.05, 3.63) is 47.8 Å². The summed E-state index contributed by atoms with van der Waals surface area (Å²) in [4.78, 5) is 19.6. The predicted molar refractivity (Wildman–Crippen MR) is 111 cm³/mol. The number of nitrogens with one attached hydrogen (secondary N) is 1. The van der Waals surface area contributed by atoms with Crippen LogP contribution in [0.2, 0.25) is 0 Å². The number of aromatic nitrogens is 1. The third-order valence-electron chi connectivity index (χ3n) is 5.09. The number of anilines is 2. The summed E-state index contributed by atoms with van der Waals surface area (Å²) in [6, 6.07) is 10.6. The fraction of sp³-hybridized carbons (Fsp3) is 0.333. The molecule has 0 saturated carbocycles. The van der Waals surface area contributed by atoms with E-state index in [1.165, 1.54) is 6.07 Å². The molecule has 0 bridgehead atoms. The second-order valence-corrected chi connectivity index (χ2v) is 8.08. The summed E-state index contributed by atoms with van der Waals surface area (Å²) in [7, 11) is 1.65. The summed E-state index contributed by atoms with van der Waals surface area (Å²) in [5.41, 5.74) is 1.99. The molecule has 146 valence electrons. The summed E-state index contributed by atoms with van der Waals surface area (Å²) in [5, 5.41) is 3.77. The molecule has 1 N–H and O–H groups in total. The molecule has 1 fully saturated rings. The standard InChI is InChI=1S/C21H22FN3O2S/c1-13-5-6-15(10-17(13)22)23-20(26)14-4-3-9-25(12-14)21-24-18-8-7-16(27-2)11-19(18)28-21/h5-8,10-11,14H,3-4,9,12H2,1-2H3,(H,23,26). The molecule has 2 heterocycles. The van der Waals surface area contributed by atoms with Crippen LogP contribution in [0.4, 0.5) is 15.2 Å². The second-order valence-electron chi connectivity index (χ2n) is 7.07. The number of rotatable bonds is 4. The number of fused-ring (bicyclic) bond motifs is 1. The van der Waals surface area contributed by atoms with Gasteiger partial charge in [-0.15, -0.1) is 0 Å². The van der Waals surface area contributed by atoms with Crippen LogP contribution in [0.3, 0.4) is 0 Å². The van der Waals surface area contributed by atoms with Gasteiger partial charge >= 0.3 is 0 Å². The molecule has 1 aliphatic rings. The van der Waals surface area contributed by atoms with E-state index in [0.29, 0.717) is 17.8 Å². The third kappa shape index (κ3) is 3.80. The smallest absolute Gasteiger partial charge is 0.229 e. The minimum atomic E-state index is -0.312. The number of aryl methyl sites for hydroxylation is 1. The topological polar surface area (TPSA) is 54.5 Å². The number of amides is 1. The van der Waals surface area contributed by atoms with Crippen molar-refractivity contribution in [1.82, 2.24) is 4.98 Å². The lowest BCUT2D eigenvalue weighted by Crippen LogP contribution is -2.40. The van der Waals surface area contributed by atoms with E-state index in [1.807, 2.05) is 18.2 Å². The van der Waals surface area contributed by atoms with E-state index in [0.717, 1.165) is 40.5 Å². The Balaban J connectivity index is 1.47. The molecule has 1 atom stereocenters. The number of thiazole rings is 1. The zero-order valence-electron chi connectivity index (χ0n) is 15.9. The number of methoxy groups -OCH3 is 1. The molecular formula is C21H22FN3O2S. The molecule has 0 radical (unpaired) electrons. The molecule has 3 aromatic rings. The average molecular weight is 399 g/mol.